The first kappa shape index (κ1) is 43.9. The van der Waals surface area contributed by atoms with Gasteiger partial charge in [0.15, 0.2) is 23.0 Å². The summed E-state index contributed by atoms with van der Waals surface area (Å²) in [7, 11) is 8.85. The number of H-pyrrole nitrogens is 2. The molecule has 6 rings (SSSR count). The summed E-state index contributed by atoms with van der Waals surface area (Å²) in [6.07, 6.45) is 0.983. The Morgan fingerprint density at radius 3 is 1.26 bits per heavy atom. The second-order valence-electron chi connectivity index (χ2n) is 13.5. The number of ether oxygens (including phenoxy) is 6. The molecule has 6 aromatic rings. The Kier molecular flexibility index (Phi) is 13.5. The number of nitrogens with zero attached hydrogens (tertiary/aromatic N) is 2. The number of nitrogens with one attached hydrogen (secondary N) is 2. The van der Waals surface area contributed by atoms with Crippen molar-refractivity contribution >= 4 is 42.2 Å². The number of hydrogen-bond acceptors (Lipinski definition) is 10. The summed E-state index contributed by atoms with van der Waals surface area (Å²) in [5.74, 6) is 0.442. The summed E-state index contributed by atoms with van der Waals surface area (Å²) < 4.78 is 64.4. The van der Waals surface area contributed by atoms with Crippen LogP contribution in [-0.2, 0) is 4.65 Å². The van der Waals surface area contributed by atoms with Crippen LogP contribution in [0.15, 0.2) is 103 Å². The Hall–Kier alpha value is -7.69. The molecule has 2 aromatic heterocycles. The normalized spacial score (nSPS) is 11.0. The number of carbonyl (C=O) groups excluding carboxylic acids is 3. The molecular weight excluding hydrogens is 805 g/mol. The lowest BCUT2D eigenvalue weighted by molar-refractivity contribution is 0.0984. The second kappa shape index (κ2) is 19.1. The zero-order chi connectivity index (χ0) is 44.7. The molecule has 2 amide bonds. The molecule has 4 aromatic carbocycles. The minimum absolute atomic E-state index is 0.127. The first-order valence-electron chi connectivity index (χ1n) is 18.8. The summed E-state index contributed by atoms with van der Waals surface area (Å²) in [4.78, 5) is 49.3. The molecule has 0 aliphatic rings. The third-order valence-corrected chi connectivity index (χ3v) is 9.95. The highest BCUT2D eigenvalue weighted by Gasteiger charge is 2.25. The summed E-state index contributed by atoms with van der Waals surface area (Å²) in [6, 6.07) is 26.7. The van der Waals surface area contributed by atoms with Crippen molar-refractivity contribution in [1.29, 1.82) is 0 Å². The van der Waals surface area contributed by atoms with Crippen LogP contribution in [0.25, 0.3) is 28.3 Å². The largest absolute Gasteiger partial charge is 0.796 e. The lowest BCUT2D eigenvalue weighted by Crippen LogP contribution is -2.26. The van der Waals surface area contributed by atoms with E-state index in [4.69, 9.17) is 33.1 Å². The number of hydrogen-bond donors (Lipinski definition) is 2. The van der Waals surface area contributed by atoms with Crippen LogP contribution < -0.4 is 38.2 Å². The molecule has 2 heterocycles. The summed E-state index contributed by atoms with van der Waals surface area (Å²) >= 11 is 0. The summed E-state index contributed by atoms with van der Waals surface area (Å²) in [6.45, 7) is 0. The SMILES string of the molecule is COc1cc(C(=O)N(C)c2ccc(-c3ccc(C(=O)/C=C(\OB(F)F)c4ccc(-c5ccc(N(C)C(=O)c6cc(OC)c(OC)c(OC)c6)cc5)[nH]4)[nH]3)cc2)cc(OC)c1OC. The van der Waals surface area contributed by atoms with E-state index in [0.29, 0.717) is 79.5 Å². The highest BCUT2D eigenvalue weighted by molar-refractivity contribution is 6.36. The molecule has 320 valence electrons. The monoisotopic (exact) mass is 848 g/mol. The van der Waals surface area contributed by atoms with Crippen LogP contribution in [0.5, 0.6) is 34.5 Å². The molecule has 2 N–H and O–H groups in total. The zero-order valence-corrected chi connectivity index (χ0v) is 35.1. The minimum Gasteiger partial charge on any atom is -0.503 e. The van der Waals surface area contributed by atoms with Gasteiger partial charge in [0.05, 0.1) is 54.0 Å². The molecule has 0 atom stereocenters. The van der Waals surface area contributed by atoms with Crippen molar-refractivity contribution in [3.05, 3.63) is 126 Å². The average Bonchev–Trinajstić information content (AvgIpc) is 4.01. The van der Waals surface area contributed by atoms with Crippen LogP contribution in [0.3, 0.4) is 0 Å². The molecule has 0 radical (unpaired) electrons. The fourth-order valence-corrected chi connectivity index (χ4v) is 6.64. The highest BCUT2D eigenvalue weighted by Crippen LogP contribution is 2.40. The van der Waals surface area contributed by atoms with Gasteiger partial charge in [0.2, 0.25) is 17.3 Å². The van der Waals surface area contributed by atoms with Crippen LogP contribution >= 0.6 is 0 Å². The average molecular weight is 849 g/mol. The third kappa shape index (κ3) is 9.21. The standard InChI is InChI=1S/C45H43BF2N4O10/c1-51(44(54)28-21-38(56-3)42(60-7)39(22-28)57-4)30-13-9-26(10-14-30)32-17-19-34(49-32)36(53)25-37(62-46(47)48)35-20-18-33(50-35)27-11-15-31(16-12-27)52(2)45(55)29-23-40(58-5)43(61-8)41(24-29)59-6/h9-25,49-50H,1-8H3/b37-25-. The summed E-state index contributed by atoms with van der Waals surface area (Å²) in [5, 5.41) is 0. The smallest absolute Gasteiger partial charge is 0.503 e. The van der Waals surface area contributed by atoms with Crippen molar-refractivity contribution in [3.63, 3.8) is 0 Å². The topological polar surface area (TPSA) is 154 Å². The van der Waals surface area contributed by atoms with E-state index in [1.165, 1.54) is 64.6 Å². The molecule has 0 bridgehead atoms. The van der Waals surface area contributed by atoms with Crippen LogP contribution in [0.4, 0.5) is 20.0 Å². The second-order valence-corrected chi connectivity index (χ2v) is 13.5. The number of amides is 2. The highest BCUT2D eigenvalue weighted by atomic mass is 19.2. The molecule has 0 saturated carbocycles. The molecule has 0 aliphatic carbocycles. The number of anilines is 2. The van der Waals surface area contributed by atoms with E-state index < -0.39 is 13.3 Å². The Balaban J connectivity index is 1.15. The first-order chi connectivity index (χ1) is 29.8. The van der Waals surface area contributed by atoms with Gasteiger partial charge >= 0.3 is 7.47 Å². The molecule has 62 heavy (non-hydrogen) atoms. The number of carbonyl (C=O) groups is 3. The van der Waals surface area contributed by atoms with Gasteiger partial charge in [-0.3, -0.25) is 14.4 Å². The third-order valence-electron chi connectivity index (χ3n) is 9.95. The lowest BCUT2D eigenvalue weighted by Gasteiger charge is -2.20. The van der Waals surface area contributed by atoms with E-state index in [9.17, 15) is 23.0 Å². The van der Waals surface area contributed by atoms with Gasteiger partial charge in [0.1, 0.15) is 5.76 Å². The van der Waals surface area contributed by atoms with Gasteiger partial charge in [-0.15, -0.1) is 0 Å². The first-order valence-corrected chi connectivity index (χ1v) is 18.8. The van der Waals surface area contributed by atoms with Crippen LogP contribution in [-0.4, -0.2) is 91.8 Å². The zero-order valence-electron chi connectivity index (χ0n) is 35.1. The number of benzene rings is 4. The molecule has 17 heteroatoms. The Bertz CT molecular complexity index is 2560. The maximum absolute atomic E-state index is 13.7. The van der Waals surface area contributed by atoms with E-state index in [1.807, 2.05) is 0 Å². The quantitative estimate of drug-likeness (QED) is 0.0396. The Morgan fingerprint density at radius 1 is 0.532 bits per heavy atom. The van der Waals surface area contributed by atoms with Crippen molar-refractivity contribution in [3.8, 4) is 57.0 Å². The van der Waals surface area contributed by atoms with E-state index in [-0.39, 0.29) is 29.0 Å². The molecule has 0 fully saturated rings. The van der Waals surface area contributed by atoms with Crippen molar-refractivity contribution in [2.24, 2.45) is 0 Å². The van der Waals surface area contributed by atoms with Gasteiger partial charge in [-0.05, 0) is 83.9 Å². The fraction of sp³-hybridized carbons (Fsp3) is 0.178. The van der Waals surface area contributed by atoms with Crippen LogP contribution in [0, 0.1) is 0 Å². The van der Waals surface area contributed by atoms with Crippen molar-refractivity contribution in [2.45, 2.75) is 0 Å². The van der Waals surface area contributed by atoms with Gasteiger partial charge in [0, 0.05) is 54.1 Å². The number of rotatable bonds is 17. The number of ketones is 1. The number of allylic oxidation sites excluding steroid dienone is 1. The number of methoxy groups -OCH3 is 6. The number of aromatic amines is 2. The van der Waals surface area contributed by atoms with Gasteiger partial charge in [-0.2, -0.15) is 0 Å². The molecule has 0 unspecified atom stereocenters. The van der Waals surface area contributed by atoms with Crippen LogP contribution in [0.1, 0.15) is 36.9 Å². The van der Waals surface area contributed by atoms with E-state index in [1.54, 1.807) is 99.0 Å². The van der Waals surface area contributed by atoms with Crippen molar-refractivity contribution in [2.75, 3.05) is 66.6 Å². The Morgan fingerprint density at radius 2 is 0.903 bits per heavy atom. The molecule has 14 nitrogen and oxygen atoms in total. The maximum Gasteiger partial charge on any atom is 0.796 e. The lowest BCUT2D eigenvalue weighted by atomic mass is 10.1. The molecule has 0 saturated heterocycles. The maximum atomic E-state index is 13.7. The van der Waals surface area contributed by atoms with E-state index in [0.717, 1.165) is 6.08 Å². The molecular formula is C45H43BF2N4O10. The van der Waals surface area contributed by atoms with Gasteiger partial charge < -0.3 is 52.8 Å². The van der Waals surface area contributed by atoms with Gasteiger partial charge in [-0.1, -0.05) is 24.3 Å². The molecule has 0 spiro atoms. The van der Waals surface area contributed by atoms with Crippen LogP contribution in [0.2, 0.25) is 0 Å². The fourth-order valence-electron chi connectivity index (χ4n) is 6.64. The van der Waals surface area contributed by atoms with E-state index >= 15 is 0 Å². The molecule has 0 aliphatic heterocycles. The van der Waals surface area contributed by atoms with E-state index in [2.05, 4.69) is 9.97 Å². The van der Waals surface area contributed by atoms with Gasteiger partial charge in [-0.25, -0.2) is 8.63 Å². The predicted octanol–water partition coefficient (Wildman–Crippen LogP) is 8.45. The van der Waals surface area contributed by atoms with Crippen molar-refractivity contribution < 1.29 is 56.1 Å². The predicted molar refractivity (Wildman–Crippen MR) is 231 cm³/mol. The van der Waals surface area contributed by atoms with Gasteiger partial charge in [0.25, 0.3) is 11.8 Å². The van der Waals surface area contributed by atoms with Crippen molar-refractivity contribution in [1.82, 2.24) is 9.97 Å². The number of aromatic nitrogens is 2. The number of halogens is 2. The Labute approximate surface area is 356 Å². The minimum atomic E-state index is -3.21. The summed E-state index contributed by atoms with van der Waals surface area (Å²) in [5.41, 5.74) is 4.55.